The molecule has 33 heavy (non-hydrogen) atoms. The van der Waals surface area contributed by atoms with E-state index in [1.54, 1.807) is 24.0 Å². The average molecular weight is 453 g/mol. The van der Waals surface area contributed by atoms with Gasteiger partial charge in [0.05, 0.1) is 7.11 Å². The molecule has 2 saturated heterocycles. The second-order valence-electron chi connectivity index (χ2n) is 9.64. The average Bonchev–Trinajstić information content (AvgIpc) is 3.35. The molecule has 1 saturated carbocycles. The third kappa shape index (κ3) is 3.56. The molecular formula is C25H32N4O4. The van der Waals surface area contributed by atoms with Crippen LogP contribution in [0.25, 0.3) is 10.9 Å². The minimum atomic E-state index is -0.737. The predicted molar refractivity (Wildman–Crippen MR) is 124 cm³/mol. The van der Waals surface area contributed by atoms with Crippen LogP contribution in [-0.4, -0.2) is 76.9 Å². The highest BCUT2D eigenvalue weighted by atomic mass is 16.5. The number of hydrogen-bond acceptors (Lipinski definition) is 4. The van der Waals surface area contributed by atoms with E-state index in [1.807, 2.05) is 12.1 Å². The lowest BCUT2D eigenvalue weighted by molar-refractivity contribution is -0.141. The Bertz CT molecular complexity index is 1080. The number of carbonyl (C=O) groups is 3. The number of benzene rings is 1. The monoisotopic (exact) mass is 452 g/mol. The maximum absolute atomic E-state index is 13.2. The van der Waals surface area contributed by atoms with Crippen molar-refractivity contribution >= 4 is 28.7 Å². The third-order valence-electron chi connectivity index (χ3n) is 7.99. The first kappa shape index (κ1) is 21.8. The van der Waals surface area contributed by atoms with Gasteiger partial charge in [0, 0.05) is 37.2 Å². The summed E-state index contributed by atoms with van der Waals surface area (Å²) in [6.45, 7) is 1.09. The minimum absolute atomic E-state index is 0.142. The van der Waals surface area contributed by atoms with Gasteiger partial charge in [-0.2, -0.15) is 0 Å². The van der Waals surface area contributed by atoms with Crippen LogP contribution >= 0.6 is 0 Å². The summed E-state index contributed by atoms with van der Waals surface area (Å²) in [4.78, 5) is 47.0. The highest BCUT2D eigenvalue weighted by Crippen LogP contribution is 2.40. The van der Waals surface area contributed by atoms with Crippen LogP contribution in [0.5, 0.6) is 5.75 Å². The van der Waals surface area contributed by atoms with Crippen molar-refractivity contribution in [3.8, 4) is 5.75 Å². The number of piperidine rings is 1. The Morgan fingerprint density at radius 2 is 1.88 bits per heavy atom. The Kier molecular flexibility index (Phi) is 5.54. The number of ether oxygens (including phenoxy) is 1. The van der Waals surface area contributed by atoms with Crippen molar-refractivity contribution in [1.82, 2.24) is 19.7 Å². The van der Waals surface area contributed by atoms with Crippen LogP contribution in [0.3, 0.4) is 0 Å². The molecular weight excluding hydrogens is 420 g/mol. The van der Waals surface area contributed by atoms with Crippen molar-refractivity contribution in [2.75, 3.05) is 33.8 Å². The van der Waals surface area contributed by atoms with Gasteiger partial charge in [-0.05, 0) is 55.4 Å². The van der Waals surface area contributed by atoms with Gasteiger partial charge >= 0.3 is 6.03 Å². The molecule has 1 N–H and O–H groups in total. The number of nitrogens with one attached hydrogen (secondary N) is 1. The summed E-state index contributed by atoms with van der Waals surface area (Å²) in [6.07, 6.45) is 8.13. The number of carbonyl (C=O) groups excluding carboxylic acids is 3. The number of nitrogens with zero attached hydrogens (tertiary/aromatic N) is 3. The maximum atomic E-state index is 13.2. The lowest BCUT2D eigenvalue weighted by Crippen LogP contribution is -2.50. The van der Waals surface area contributed by atoms with Gasteiger partial charge in [0.25, 0.3) is 5.91 Å². The number of hydrogen-bond donors (Lipinski definition) is 1. The van der Waals surface area contributed by atoms with Crippen LogP contribution in [0.1, 0.15) is 56.4 Å². The van der Waals surface area contributed by atoms with Crippen LogP contribution < -0.4 is 4.74 Å². The zero-order valence-corrected chi connectivity index (χ0v) is 19.4. The van der Waals surface area contributed by atoms with Crippen molar-refractivity contribution < 1.29 is 19.1 Å². The lowest BCUT2D eigenvalue weighted by atomic mass is 9.81. The second-order valence-corrected chi connectivity index (χ2v) is 9.64. The smallest absolute Gasteiger partial charge is 0.327 e. The number of imide groups is 1. The number of aromatic amines is 1. The van der Waals surface area contributed by atoms with E-state index in [0.717, 1.165) is 48.8 Å². The number of aromatic nitrogens is 1. The number of fused-ring (bicyclic) bond motifs is 1. The van der Waals surface area contributed by atoms with Crippen molar-refractivity contribution in [2.24, 2.45) is 0 Å². The zero-order valence-electron chi connectivity index (χ0n) is 19.4. The topological polar surface area (TPSA) is 85.9 Å². The Morgan fingerprint density at radius 3 is 2.58 bits per heavy atom. The summed E-state index contributed by atoms with van der Waals surface area (Å²) in [5.74, 6) is 0.848. The van der Waals surface area contributed by atoms with Crippen LogP contribution in [0.4, 0.5) is 4.79 Å². The van der Waals surface area contributed by atoms with Crippen molar-refractivity contribution in [3.63, 3.8) is 0 Å². The van der Waals surface area contributed by atoms with E-state index < -0.39 is 5.54 Å². The van der Waals surface area contributed by atoms with E-state index in [4.69, 9.17) is 4.74 Å². The van der Waals surface area contributed by atoms with E-state index in [9.17, 15) is 14.4 Å². The second kappa shape index (κ2) is 8.39. The predicted octanol–water partition coefficient (Wildman–Crippen LogP) is 3.48. The number of H-pyrrole nitrogens is 1. The molecule has 1 aromatic heterocycles. The van der Waals surface area contributed by atoms with Crippen LogP contribution in [0, 0.1) is 0 Å². The number of likely N-dealkylation sites (N-methyl/N-ethyl adjacent to an activating group) is 1. The highest BCUT2D eigenvalue weighted by molar-refractivity contribution is 6.09. The van der Waals surface area contributed by atoms with Gasteiger partial charge in [0.15, 0.2) is 0 Å². The van der Waals surface area contributed by atoms with Gasteiger partial charge in [-0.1, -0.05) is 19.3 Å². The largest absolute Gasteiger partial charge is 0.497 e. The number of rotatable bonds is 4. The number of likely N-dealkylation sites (tertiary alicyclic amines) is 1. The minimum Gasteiger partial charge on any atom is -0.497 e. The Morgan fingerprint density at radius 1 is 1.15 bits per heavy atom. The van der Waals surface area contributed by atoms with Crippen LogP contribution in [-0.2, 0) is 9.59 Å². The Hall–Kier alpha value is -3.03. The molecule has 2 aliphatic heterocycles. The maximum Gasteiger partial charge on any atom is 0.327 e. The van der Waals surface area contributed by atoms with Gasteiger partial charge in [0.2, 0.25) is 5.91 Å². The molecule has 8 nitrogen and oxygen atoms in total. The SMILES string of the molecule is COc1ccc2[nH]cc(C3CCN(C(=O)CN4C(=O)N(C)C5(CCCCC5)C4=O)CC3)c2c1. The van der Waals surface area contributed by atoms with Crippen LogP contribution in [0.15, 0.2) is 24.4 Å². The summed E-state index contributed by atoms with van der Waals surface area (Å²) >= 11 is 0. The third-order valence-corrected chi connectivity index (χ3v) is 7.99. The fourth-order valence-corrected chi connectivity index (χ4v) is 5.93. The molecule has 0 radical (unpaired) electrons. The van der Waals surface area contributed by atoms with Gasteiger partial charge in [-0.25, -0.2) is 4.79 Å². The van der Waals surface area contributed by atoms with Crippen molar-refractivity contribution in [1.29, 1.82) is 0 Å². The molecule has 0 unspecified atom stereocenters. The first-order valence-electron chi connectivity index (χ1n) is 12.0. The molecule has 3 heterocycles. The van der Waals surface area contributed by atoms with Gasteiger partial charge in [-0.3, -0.25) is 14.5 Å². The highest BCUT2D eigenvalue weighted by Gasteiger charge is 2.56. The molecule has 5 rings (SSSR count). The van der Waals surface area contributed by atoms with Crippen molar-refractivity contribution in [2.45, 2.75) is 56.4 Å². The normalized spacial score (nSPS) is 21.5. The van der Waals surface area contributed by atoms with Gasteiger partial charge < -0.3 is 19.5 Å². The Balaban J connectivity index is 1.23. The molecule has 0 atom stereocenters. The van der Waals surface area contributed by atoms with Crippen LogP contribution in [0.2, 0.25) is 0 Å². The molecule has 3 fully saturated rings. The standard InChI is InChI=1S/C25H32N4O4/c1-27-24(32)29(23(31)25(27)10-4-3-5-11-25)16-22(30)28-12-8-17(9-13-28)20-15-26-21-7-6-18(33-2)14-19(20)21/h6-7,14-15,17,26H,3-5,8-13,16H2,1-2H3. The molecule has 1 aliphatic carbocycles. The summed E-state index contributed by atoms with van der Waals surface area (Å²) in [6, 6.07) is 5.69. The van der Waals surface area contributed by atoms with E-state index in [-0.39, 0.29) is 24.4 Å². The molecule has 3 aliphatic rings. The van der Waals surface area contributed by atoms with E-state index >= 15 is 0 Å². The van der Waals surface area contributed by atoms with E-state index in [0.29, 0.717) is 31.8 Å². The molecule has 2 aromatic rings. The number of urea groups is 1. The van der Waals surface area contributed by atoms with Crippen molar-refractivity contribution in [3.05, 3.63) is 30.0 Å². The summed E-state index contributed by atoms with van der Waals surface area (Å²) in [5.41, 5.74) is 1.59. The lowest BCUT2D eigenvalue weighted by Gasteiger charge is -2.36. The number of methoxy groups -OCH3 is 1. The Labute approximate surface area is 193 Å². The van der Waals surface area contributed by atoms with E-state index in [1.165, 1.54) is 10.5 Å². The summed E-state index contributed by atoms with van der Waals surface area (Å²) < 4.78 is 5.38. The summed E-state index contributed by atoms with van der Waals surface area (Å²) in [7, 11) is 3.37. The first-order chi connectivity index (χ1) is 15.9. The molecule has 8 heteroatoms. The quantitative estimate of drug-likeness (QED) is 0.720. The fourth-order valence-electron chi connectivity index (χ4n) is 5.93. The molecule has 1 spiro atoms. The fraction of sp³-hybridized carbons (Fsp3) is 0.560. The number of amides is 4. The first-order valence-corrected chi connectivity index (χ1v) is 12.0. The van der Waals surface area contributed by atoms with E-state index in [2.05, 4.69) is 17.2 Å². The molecule has 176 valence electrons. The van der Waals surface area contributed by atoms with Gasteiger partial charge in [-0.15, -0.1) is 0 Å². The summed E-state index contributed by atoms with van der Waals surface area (Å²) in [5, 5.41) is 1.16. The van der Waals surface area contributed by atoms with Gasteiger partial charge in [0.1, 0.15) is 17.8 Å². The molecule has 1 aromatic carbocycles. The molecule has 4 amide bonds. The molecule has 0 bridgehead atoms. The zero-order chi connectivity index (χ0) is 23.2.